The second kappa shape index (κ2) is 7.37. The maximum absolute atomic E-state index is 4.95. The van der Waals surface area contributed by atoms with Crippen LogP contribution < -0.4 is 0 Å². The van der Waals surface area contributed by atoms with Crippen LogP contribution in [0.4, 0.5) is 0 Å². The lowest BCUT2D eigenvalue weighted by Gasteiger charge is -2.08. The third kappa shape index (κ3) is 2.93. The van der Waals surface area contributed by atoms with E-state index in [1.165, 1.54) is 31.3 Å². The van der Waals surface area contributed by atoms with Crippen LogP contribution in [-0.2, 0) is 0 Å². The minimum atomic E-state index is 0.369. The van der Waals surface area contributed by atoms with Crippen molar-refractivity contribution in [1.29, 1.82) is 0 Å². The SMILES string of the molecule is Cc1nc2c3cccnc3c3cc(-c4ccc5c(c4)sc4c5ccc5[nH]c(C(C)C)nc54)ccc3c2[nH]1. The second-order valence-corrected chi connectivity index (χ2v) is 11.2. The van der Waals surface area contributed by atoms with E-state index < -0.39 is 0 Å². The first-order valence-electron chi connectivity index (χ1n) is 12.6. The van der Waals surface area contributed by atoms with Gasteiger partial charge in [-0.2, -0.15) is 0 Å². The fraction of sp³-hybridized carbons (Fsp3) is 0.129. The molecule has 0 bridgehead atoms. The van der Waals surface area contributed by atoms with E-state index in [9.17, 15) is 0 Å². The number of aryl methyl sites for hydroxylation is 1. The zero-order valence-corrected chi connectivity index (χ0v) is 21.5. The third-order valence-corrected chi connectivity index (χ3v) is 8.59. The molecule has 0 spiro atoms. The van der Waals surface area contributed by atoms with Crippen molar-refractivity contribution in [2.24, 2.45) is 0 Å². The molecule has 8 aromatic rings. The summed E-state index contributed by atoms with van der Waals surface area (Å²) in [4.78, 5) is 21.4. The molecule has 4 aromatic heterocycles. The van der Waals surface area contributed by atoms with Crippen LogP contribution in [0.2, 0.25) is 0 Å². The number of hydrogen-bond donors (Lipinski definition) is 2. The molecule has 178 valence electrons. The molecule has 6 heteroatoms. The summed E-state index contributed by atoms with van der Waals surface area (Å²) < 4.78 is 2.52. The summed E-state index contributed by atoms with van der Waals surface area (Å²) in [5.41, 5.74) is 7.61. The van der Waals surface area contributed by atoms with Gasteiger partial charge in [-0.25, -0.2) is 9.97 Å². The third-order valence-electron chi connectivity index (χ3n) is 7.42. The minimum Gasteiger partial charge on any atom is -0.342 e. The van der Waals surface area contributed by atoms with Crippen LogP contribution >= 0.6 is 11.3 Å². The van der Waals surface area contributed by atoms with Gasteiger partial charge in [-0.05, 0) is 48.4 Å². The van der Waals surface area contributed by atoms with Gasteiger partial charge < -0.3 is 9.97 Å². The fourth-order valence-electron chi connectivity index (χ4n) is 5.61. The van der Waals surface area contributed by atoms with Crippen LogP contribution in [0.5, 0.6) is 0 Å². The molecule has 5 nitrogen and oxygen atoms in total. The lowest BCUT2D eigenvalue weighted by molar-refractivity contribution is 0.799. The summed E-state index contributed by atoms with van der Waals surface area (Å²) in [6, 6.07) is 22.0. The Morgan fingerprint density at radius 2 is 1.54 bits per heavy atom. The molecule has 0 aliphatic heterocycles. The summed E-state index contributed by atoms with van der Waals surface area (Å²) in [7, 11) is 0. The Morgan fingerprint density at radius 1 is 0.730 bits per heavy atom. The molecule has 8 rings (SSSR count). The first kappa shape index (κ1) is 20.9. The number of nitrogens with zero attached hydrogens (tertiary/aromatic N) is 3. The van der Waals surface area contributed by atoms with Crippen molar-refractivity contribution in [2.75, 3.05) is 0 Å². The Balaban J connectivity index is 1.35. The highest BCUT2D eigenvalue weighted by Crippen LogP contribution is 2.41. The maximum atomic E-state index is 4.95. The van der Waals surface area contributed by atoms with Crippen LogP contribution in [0.3, 0.4) is 0 Å². The van der Waals surface area contributed by atoms with Crippen molar-refractivity contribution in [3.8, 4) is 11.1 Å². The summed E-state index contributed by atoms with van der Waals surface area (Å²) in [5, 5.41) is 5.92. The van der Waals surface area contributed by atoms with E-state index in [1.807, 2.05) is 30.5 Å². The van der Waals surface area contributed by atoms with Gasteiger partial charge in [0.1, 0.15) is 17.2 Å². The molecule has 0 aliphatic rings. The number of rotatable bonds is 2. The highest BCUT2D eigenvalue weighted by Gasteiger charge is 2.16. The highest BCUT2D eigenvalue weighted by molar-refractivity contribution is 7.26. The summed E-state index contributed by atoms with van der Waals surface area (Å²) in [6.45, 7) is 6.35. The van der Waals surface area contributed by atoms with E-state index in [0.717, 1.165) is 55.4 Å². The Labute approximate surface area is 216 Å². The number of benzene rings is 4. The topological polar surface area (TPSA) is 70.2 Å². The van der Waals surface area contributed by atoms with Crippen molar-refractivity contribution >= 4 is 75.3 Å². The first-order valence-corrected chi connectivity index (χ1v) is 13.4. The predicted octanol–water partition coefficient (Wildman–Crippen LogP) is 8.61. The molecule has 4 heterocycles. The fourth-order valence-corrected chi connectivity index (χ4v) is 6.84. The van der Waals surface area contributed by atoms with Gasteiger partial charge >= 0.3 is 0 Å². The number of nitrogens with one attached hydrogen (secondary N) is 2. The van der Waals surface area contributed by atoms with Crippen LogP contribution in [0.1, 0.15) is 31.4 Å². The van der Waals surface area contributed by atoms with E-state index in [4.69, 9.17) is 15.0 Å². The number of aromatic amines is 2. The highest BCUT2D eigenvalue weighted by atomic mass is 32.1. The van der Waals surface area contributed by atoms with E-state index in [2.05, 4.69) is 78.4 Å². The van der Waals surface area contributed by atoms with Gasteiger partial charge in [-0.1, -0.05) is 44.2 Å². The summed E-state index contributed by atoms with van der Waals surface area (Å²) >= 11 is 1.83. The molecule has 0 unspecified atom stereocenters. The number of H-pyrrole nitrogens is 2. The van der Waals surface area contributed by atoms with Gasteiger partial charge in [0, 0.05) is 43.7 Å². The lowest BCUT2D eigenvalue weighted by atomic mass is 9.97. The van der Waals surface area contributed by atoms with E-state index in [1.54, 1.807) is 0 Å². The van der Waals surface area contributed by atoms with Gasteiger partial charge in [0.2, 0.25) is 0 Å². The largest absolute Gasteiger partial charge is 0.342 e. The molecule has 37 heavy (non-hydrogen) atoms. The van der Waals surface area contributed by atoms with Gasteiger partial charge in [0.05, 0.1) is 26.8 Å². The number of thiophene rings is 1. The van der Waals surface area contributed by atoms with Gasteiger partial charge in [-0.3, -0.25) is 4.98 Å². The normalized spacial score (nSPS) is 12.4. The van der Waals surface area contributed by atoms with Crippen molar-refractivity contribution in [2.45, 2.75) is 26.7 Å². The Kier molecular flexibility index (Phi) is 4.15. The van der Waals surface area contributed by atoms with Crippen LogP contribution in [0.15, 0.2) is 66.9 Å². The number of pyridine rings is 1. The standard InChI is InChI=1S/C31H23N5S/c1-15(2)31-35-24-11-10-21-19-8-6-18(14-25(19)37-30(21)29(24)36-31)17-7-9-20-23(13-17)26-22(5-4-12-32-26)28-27(20)33-16(3)34-28/h4-15H,1-3H3,(H,33,34)(H,35,36). The molecule has 0 amide bonds. The molecule has 2 N–H and O–H groups in total. The van der Waals surface area contributed by atoms with Crippen LogP contribution in [0.25, 0.3) is 75.0 Å². The first-order chi connectivity index (χ1) is 18.0. The van der Waals surface area contributed by atoms with Crippen molar-refractivity contribution in [1.82, 2.24) is 24.9 Å². The number of fused-ring (bicyclic) bond motifs is 11. The quantitative estimate of drug-likeness (QED) is 0.235. The average Bonchev–Trinajstić information content (AvgIpc) is 3.62. The molecule has 0 saturated heterocycles. The zero-order chi connectivity index (χ0) is 24.8. The predicted molar refractivity (Wildman–Crippen MR) is 156 cm³/mol. The molecule has 0 fully saturated rings. The van der Waals surface area contributed by atoms with E-state index in [0.29, 0.717) is 5.92 Å². The lowest BCUT2D eigenvalue weighted by Crippen LogP contribution is -1.88. The molecule has 0 atom stereocenters. The number of aromatic nitrogens is 5. The van der Waals surface area contributed by atoms with E-state index >= 15 is 0 Å². The molecule has 4 aromatic carbocycles. The van der Waals surface area contributed by atoms with Crippen molar-refractivity contribution in [3.63, 3.8) is 0 Å². The smallest absolute Gasteiger partial charge is 0.109 e. The van der Waals surface area contributed by atoms with Gasteiger partial charge in [0.15, 0.2) is 0 Å². The van der Waals surface area contributed by atoms with Crippen LogP contribution in [-0.4, -0.2) is 24.9 Å². The van der Waals surface area contributed by atoms with Crippen molar-refractivity contribution in [3.05, 3.63) is 78.5 Å². The molecule has 0 aliphatic carbocycles. The summed E-state index contributed by atoms with van der Waals surface area (Å²) in [5.74, 6) is 2.33. The number of imidazole rings is 2. The van der Waals surface area contributed by atoms with E-state index in [-0.39, 0.29) is 0 Å². The second-order valence-electron chi connectivity index (χ2n) is 10.1. The van der Waals surface area contributed by atoms with Gasteiger partial charge in [0.25, 0.3) is 0 Å². The molecular formula is C31H23N5S. The van der Waals surface area contributed by atoms with Crippen LogP contribution in [0, 0.1) is 6.92 Å². The molecular weight excluding hydrogens is 474 g/mol. The Bertz CT molecular complexity index is 2200. The summed E-state index contributed by atoms with van der Waals surface area (Å²) in [6.07, 6.45) is 1.86. The zero-order valence-electron chi connectivity index (χ0n) is 20.7. The molecule has 0 radical (unpaired) electrons. The average molecular weight is 498 g/mol. The maximum Gasteiger partial charge on any atom is 0.109 e. The molecule has 0 saturated carbocycles. The van der Waals surface area contributed by atoms with Crippen molar-refractivity contribution < 1.29 is 0 Å². The number of hydrogen-bond acceptors (Lipinski definition) is 4. The minimum absolute atomic E-state index is 0.369. The monoisotopic (exact) mass is 497 g/mol. The Morgan fingerprint density at radius 3 is 2.41 bits per heavy atom. The van der Waals surface area contributed by atoms with Gasteiger partial charge in [-0.15, -0.1) is 11.3 Å². The Hall–Kier alpha value is -4.29.